The van der Waals surface area contributed by atoms with Gasteiger partial charge in [-0.3, -0.25) is 0 Å². The van der Waals surface area contributed by atoms with Gasteiger partial charge in [-0.25, -0.2) is 0 Å². The van der Waals surface area contributed by atoms with E-state index in [1.165, 1.54) is 5.56 Å². The molecule has 1 atom stereocenters. The second-order valence-corrected chi connectivity index (χ2v) is 6.07. The minimum Gasteiger partial charge on any atom is -0.372 e. The fourth-order valence-corrected chi connectivity index (χ4v) is 2.32. The summed E-state index contributed by atoms with van der Waals surface area (Å²) in [5.41, 5.74) is 1.46. The highest BCUT2D eigenvalue weighted by Gasteiger charge is 2.25. The molecule has 1 aliphatic rings. The molecule has 1 heterocycles. The maximum absolute atomic E-state index is 5.98. The van der Waals surface area contributed by atoms with Crippen molar-refractivity contribution < 1.29 is 4.74 Å². The molecule has 0 radical (unpaired) electrons. The number of benzene rings is 1. The van der Waals surface area contributed by atoms with Crippen LogP contribution in [0.3, 0.4) is 0 Å². The lowest BCUT2D eigenvalue weighted by Crippen LogP contribution is -2.29. The Balaban J connectivity index is 2.11. The molecule has 0 spiro atoms. The predicted molar refractivity (Wildman–Crippen MR) is 69.5 cm³/mol. The zero-order valence-electron chi connectivity index (χ0n) is 9.79. The van der Waals surface area contributed by atoms with Gasteiger partial charge < -0.3 is 10.1 Å². The largest absolute Gasteiger partial charge is 0.372 e. The fourth-order valence-electron chi connectivity index (χ4n) is 1.90. The van der Waals surface area contributed by atoms with Gasteiger partial charge in [0, 0.05) is 23.0 Å². The number of halogens is 1. The minimum absolute atomic E-state index is 0.166. The molecule has 0 bridgehead atoms. The van der Waals surface area contributed by atoms with E-state index in [1.54, 1.807) is 0 Å². The van der Waals surface area contributed by atoms with Crippen LogP contribution in [0.5, 0.6) is 0 Å². The Labute approximate surface area is 106 Å². The van der Waals surface area contributed by atoms with Gasteiger partial charge in [-0.15, -0.1) is 0 Å². The molecule has 3 heteroatoms. The van der Waals surface area contributed by atoms with Crippen LogP contribution < -0.4 is 5.32 Å². The van der Waals surface area contributed by atoms with Gasteiger partial charge in [-0.1, -0.05) is 41.9 Å². The Morgan fingerprint density at radius 3 is 3.00 bits per heavy atom. The van der Waals surface area contributed by atoms with Crippen molar-refractivity contribution >= 4 is 15.9 Å². The zero-order valence-corrected chi connectivity index (χ0v) is 11.4. The van der Waals surface area contributed by atoms with E-state index in [9.17, 15) is 0 Å². The monoisotopic (exact) mass is 283 g/mol. The molecule has 1 aliphatic heterocycles. The van der Waals surface area contributed by atoms with E-state index in [1.807, 2.05) is 6.07 Å². The molecule has 0 aromatic heterocycles. The number of rotatable bonds is 1. The first-order valence-corrected chi connectivity index (χ1v) is 6.44. The molecule has 1 fully saturated rings. The average molecular weight is 284 g/mol. The third kappa shape index (κ3) is 3.06. The average Bonchev–Trinajstić information content (AvgIpc) is 2.39. The minimum atomic E-state index is 0.166. The van der Waals surface area contributed by atoms with Crippen LogP contribution in [0.15, 0.2) is 28.7 Å². The summed E-state index contributed by atoms with van der Waals surface area (Å²) in [5.74, 6) is 0. The summed E-state index contributed by atoms with van der Waals surface area (Å²) >= 11 is 3.49. The molecular weight excluding hydrogens is 266 g/mol. The molecule has 1 aromatic rings. The van der Waals surface area contributed by atoms with Crippen molar-refractivity contribution in [3.05, 3.63) is 34.3 Å². The van der Waals surface area contributed by atoms with Crippen molar-refractivity contribution in [2.75, 3.05) is 19.7 Å². The Kier molecular flexibility index (Phi) is 3.67. The first kappa shape index (κ1) is 12.1. The van der Waals surface area contributed by atoms with Gasteiger partial charge in [0.05, 0.1) is 12.7 Å². The summed E-state index contributed by atoms with van der Waals surface area (Å²) in [5, 5.41) is 3.47. The highest BCUT2D eigenvalue weighted by Crippen LogP contribution is 2.26. The lowest BCUT2D eigenvalue weighted by molar-refractivity contribution is 0.0259. The first-order chi connectivity index (χ1) is 7.57. The van der Waals surface area contributed by atoms with E-state index in [-0.39, 0.29) is 11.5 Å². The first-order valence-electron chi connectivity index (χ1n) is 5.65. The maximum Gasteiger partial charge on any atom is 0.0949 e. The van der Waals surface area contributed by atoms with Gasteiger partial charge >= 0.3 is 0 Å². The predicted octanol–water partition coefficient (Wildman–Crippen LogP) is 3.14. The van der Waals surface area contributed by atoms with E-state index < -0.39 is 0 Å². The van der Waals surface area contributed by atoms with Crippen molar-refractivity contribution in [2.24, 2.45) is 5.41 Å². The molecule has 0 saturated carbocycles. The fraction of sp³-hybridized carbons (Fsp3) is 0.538. The molecule has 1 aromatic carbocycles. The summed E-state index contributed by atoms with van der Waals surface area (Å²) in [4.78, 5) is 0. The van der Waals surface area contributed by atoms with Crippen LogP contribution in [0.2, 0.25) is 0 Å². The molecule has 16 heavy (non-hydrogen) atoms. The molecule has 0 aliphatic carbocycles. The molecule has 2 nitrogen and oxygen atoms in total. The SMILES string of the molecule is CC1(C)CNCC(c2cccc(Br)c2)OC1. The van der Waals surface area contributed by atoms with Gasteiger partial charge in [-0.2, -0.15) is 0 Å². The van der Waals surface area contributed by atoms with Crippen molar-refractivity contribution in [3.63, 3.8) is 0 Å². The Morgan fingerprint density at radius 2 is 2.25 bits per heavy atom. The molecule has 1 unspecified atom stereocenters. The van der Waals surface area contributed by atoms with Crippen LogP contribution >= 0.6 is 15.9 Å². The number of hydrogen-bond donors (Lipinski definition) is 1. The van der Waals surface area contributed by atoms with Crippen LogP contribution in [0.4, 0.5) is 0 Å². The number of ether oxygens (including phenoxy) is 1. The molecule has 88 valence electrons. The normalized spacial score (nSPS) is 25.1. The van der Waals surface area contributed by atoms with Gasteiger partial charge in [0.2, 0.25) is 0 Å². The molecular formula is C13H18BrNO. The third-order valence-electron chi connectivity index (χ3n) is 2.83. The third-order valence-corrected chi connectivity index (χ3v) is 3.32. The van der Waals surface area contributed by atoms with Crippen LogP contribution in [-0.2, 0) is 4.74 Å². The summed E-state index contributed by atoms with van der Waals surface area (Å²) < 4.78 is 7.08. The van der Waals surface area contributed by atoms with Gasteiger partial charge in [0.25, 0.3) is 0 Å². The Morgan fingerprint density at radius 1 is 1.44 bits per heavy atom. The van der Waals surface area contributed by atoms with Crippen LogP contribution in [0, 0.1) is 5.41 Å². The van der Waals surface area contributed by atoms with Crippen molar-refractivity contribution in [1.29, 1.82) is 0 Å². The van der Waals surface area contributed by atoms with Gasteiger partial charge in [-0.05, 0) is 17.7 Å². The summed E-state index contributed by atoms with van der Waals surface area (Å²) in [6.45, 7) is 7.15. The summed E-state index contributed by atoms with van der Waals surface area (Å²) in [6.07, 6.45) is 0.166. The van der Waals surface area contributed by atoms with Crippen molar-refractivity contribution in [1.82, 2.24) is 5.32 Å². The lowest BCUT2D eigenvalue weighted by Gasteiger charge is -2.21. The van der Waals surface area contributed by atoms with E-state index in [0.717, 1.165) is 24.2 Å². The highest BCUT2D eigenvalue weighted by atomic mass is 79.9. The van der Waals surface area contributed by atoms with E-state index in [4.69, 9.17) is 4.74 Å². The smallest absolute Gasteiger partial charge is 0.0949 e. The van der Waals surface area contributed by atoms with E-state index >= 15 is 0 Å². The maximum atomic E-state index is 5.98. The van der Waals surface area contributed by atoms with Crippen LogP contribution in [0.1, 0.15) is 25.5 Å². The molecule has 1 N–H and O–H groups in total. The second-order valence-electron chi connectivity index (χ2n) is 5.15. The standard InChI is InChI=1S/C13H18BrNO/c1-13(2)8-15-7-12(16-9-13)10-4-3-5-11(14)6-10/h3-6,12,15H,7-9H2,1-2H3. The number of nitrogens with one attached hydrogen (secondary N) is 1. The summed E-state index contributed by atoms with van der Waals surface area (Å²) in [6, 6.07) is 8.34. The highest BCUT2D eigenvalue weighted by molar-refractivity contribution is 9.10. The van der Waals surface area contributed by atoms with Crippen LogP contribution in [-0.4, -0.2) is 19.7 Å². The summed E-state index contributed by atoms with van der Waals surface area (Å²) in [7, 11) is 0. The topological polar surface area (TPSA) is 21.3 Å². The Hall–Kier alpha value is -0.380. The van der Waals surface area contributed by atoms with Gasteiger partial charge in [0.15, 0.2) is 0 Å². The van der Waals surface area contributed by atoms with E-state index in [2.05, 4.69) is 53.3 Å². The zero-order chi connectivity index (χ0) is 11.6. The molecule has 2 rings (SSSR count). The molecule has 0 amide bonds. The second kappa shape index (κ2) is 4.86. The number of hydrogen-bond acceptors (Lipinski definition) is 2. The van der Waals surface area contributed by atoms with Crippen molar-refractivity contribution in [3.8, 4) is 0 Å². The quantitative estimate of drug-likeness (QED) is 0.855. The van der Waals surface area contributed by atoms with E-state index in [0.29, 0.717) is 0 Å². The molecule has 1 saturated heterocycles. The van der Waals surface area contributed by atoms with Crippen molar-refractivity contribution in [2.45, 2.75) is 20.0 Å². The Bertz CT molecular complexity index is 365. The van der Waals surface area contributed by atoms with Gasteiger partial charge in [0.1, 0.15) is 0 Å². The van der Waals surface area contributed by atoms with Crippen LogP contribution in [0.25, 0.3) is 0 Å². The lowest BCUT2D eigenvalue weighted by atomic mass is 9.95.